The van der Waals surface area contributed by atoms with Gasteiger partial charge in [0.1, 0.15) is 11.5 Å². The number of quaternary nitrogens is 1. The number of hydrogen-bond acceptors (Lipinski definition) is 2. The molecule has 0 aromatic heterocycles. The van der Waals surface area contributed by atoms with Gasteiger partial charge in [-0.15, -0.1) is 0 Å². The predicted octanol–water partition coefficient (Wildman–Crippen LogP) is 2.13. The highest BCUT2D eigenvalue weighted by atomic mass is 16.5. The summed E-state index contributed by atoms with van der Waals surface area (Å²) >= 11 is 0. The van der Waals surface area contributed by atoms with Crippen molar-refractivity contribution >= 4 is 5.91 Å². The van der Waals surface area contributed by atoms with E-state index in [1.807, 2.05) is 42.5 Å². The van der Waals surface area contributed by atoms with Crippen LogP contribution in [-0.2, 0) is 0 Å². The number of carbonyl (C=O) groups is 1. The number of para-hydroxylation sites is 1. The van der Waals surface area contributed by atoms with Crippen LogP contribution in [0.3, 0.4) is 0 Å². The van der Waals surface area contributed by atoms with Gasteiger partial charge in [-0.3, -0.25) is 4.79 Å². The summed E-state index contributed by atoms with van der Waals surface area (Å²) in [4.78, 5) is 13.6. The van der Waals surface area contributed by atoms with Gasteiger partial charge in [-0.2, -0.15) is 0 Å². The molecule has 23 heavy (non-hydrogen) atoms. The van der Waals surface area contributed by atoms with Crippen molar-refractivity contribution in [1.29, 1.82) is 0 Å². The number of ether oxygens (including phenoxy) is 1. The zero-order valence-corrected chi connectivity index (χ0v) is 13.8. The first-order valence-corrected chi connectivity index (χ1v) is 8.17. The summed E-state index contributed by atoms with van der Waals surface area (Å²) < 4.78 is 5.72. The van der Waals surface area contributed by atoms with Crippen LogP contribution in [0.25, 0.3) is 0 Å². The highest BCUT2D eigenvalue weighted by Crippen LogP contribution is 2.20. The third-order valence-corrected chi connectivity index (χ3v) is 3.86. The molecule has 0 atom stereocenters. The van der Waals surface area contributed by atoms with Crippen LogP contribution in [0.4, 0.5) is 0 Å². The summed E-state index contributed by atoms with van der Waals surface area (Å²) in [6.45, 7) is 8.13. The Kier molecular flexibility index (Phi) is 6.63. The van der Waals surface area contributed by atoms with Gasteiger partial charge in [0.25, 0.3) is 5.91 Å². The minimum Gasteiger partial charge on any atom is -0.457 e. The second-order valence-corrected chi connectivity index (χ2v) is 5.40. The van der Waals surface area contributed by atoms with E-state index in [0.717, 1.165) is 31.1 Å². The lowest BCUT2D eigenvalue weighted by Crippen LogP contribution is -3.12. The Morgan fingerprint density at radius 2 is 1.57 bits per heavy atom. The first-order chi connectivity index (χ1) is 11.2. The molecule has 1 amide bonds. The summed E-state index contributed by atoms with van der Waals surface area (Å²) in [6.07, 6.45) is 0. The molecule has 2 aromatic rings. The van der Waals surface area contributed by atoms with Crippen molar-refractivity contribution in [2.75, 3.05) is 26.2 Å². The number of carbonyl (C=O) groups excluding carboxylic acids is 1. The summed E-state index contributed by atoms with van der Waals surface area (Å²) in [6, 6.07) is 16.8. The second kappa shape index (κ2) is 8.96. The summed E-state index contributed by atoms with van der Waals surface area (Å²) in [7, 11) is 0. The lowest BCUT2D eigenvalue weighted by molar-refractivity contribution is -0.895. The van der Waals surface area contributed by atoms with Gasteiger partial charge in [0.2, 0.25) is 0 Å². The third-order valence-electron chi connectivity index (χ3n) is 3.86. The molecule has 0 heterocycles. The van der Waals surface area contributed by atoms with E-state index in [9.17, 15) is 4.79 Å². The van der Waals surface area contributed by atoms with E-state index < -0.39 is 0 Å². The minimum absolute atomic E-state index is 0.0391. The third kappa shape index (κ3) is 5.42. The molecule has 122 valence electrons. The zero-order valence-electron chi connectivity index (χ0n) is 13.8. The van der Waals surface area contributed by atoms with Gasteiger partial charge in [-0.1, -0.05) is 18.2 Å². The Morgan fingerprint density at radius 1 is 0.957 bits per heavy atom. The molecule has 0 spiro atoms. The topological polar surface area (TPSA) is 42.8 Å². The summed E-state index contributed by atoms with van der Waals surface area (Å²) in [5, 5.41) is 2.97. The quantitative estimate of drug-likeness (QED) is 0.784. The molecule has 2 N–H and O–H groups in total. The fourth-order valence-electron chi connectivity index (χ4n) is 2.36. The van der Waals surface area contributed by atoms with Gasteiger partial charge in [0.15, 0.2) is 0 Å². The Bertz CT molecular complexity index is 593. The molecule has 0 unspecified atom stereocenters. The second-order valence-electron chi connectivity index (χ2n) is 5.40. The van der Waals surface area contributed by atoms with Crippen LogP contribution < -0.4 is 15.0 Å². The molecule has 0 saturated heterocycles. The molecule has 2 rings (SSSR count). The van der Waals surface area contributed by atoms with Gasteiger partial charge in [-0.25, -0.2) is 0 Å². The average Bonchev–Trinajstić information content (AvgIpc) is 2.60. The van der Waals surface area contributed by atoms with Gasteiger partial charge < -0.3 is 15.0 Å². The first-order valence-electron chi connectivity index (χ1n) is 8.17. The Morgan fingerprint density at radius 3 is 2.17 bits per heavy atom. The SMILES string of the molecule is CC[NH+](CC)CCNC(=O)c1ccc(Oc2ccccc2)cc1. The normalized spacial score (nSPS) is 10.6. The molecular weight excluding hydrogens is 288 g/mol. The molecular formula is C19H25N2O2+. The molecule has 4 heteroatoms. The van der Waals surface area contributed by atoms with E-state index in [1.54, 1.807) is 12.1 Å². The lowest BCUT2D eigenvalue weighted by Gasteiger charge is -2.15. The molecule has 0 fully saturated rings. The summed E-state index contributed by atoms with van der Waals surface area (Å²) in [5.41, 5.74) is 0.653. The molecule has 4 nitrogen and oxygen atoms in total. The zero-order chi connectivity index (χ0) is 16.5. The highest BCUT2D eigenvalue weighted by molar-refractivity contribution is 5.94. The van der Waals surface area contributed by atoms with Crippen LogP contribution in [0.15, 0.2) is 54.6 Å². The number of nitrogens with one attached hydrogen (secondary N) is 2. The maximum Gasteiger partial charge on any atom is 0.251 e. The predicted molar refractivity (Wildman–Crippen MR) is 92.2 cm³/mol. The van der Waals surface area contributed by atoms with Crippen molar-refractivity contribution in [3.8, 4) is 11.5 Å². The molecule has 0 radical (unpaired) electrons. The molecule has 0 bridgehead atoms. The van der Waals surface area contributed by atoms with Crippen molar-refractivity contribution in [1.82, 2.24) is 5.32 Å². The first kappa shape index (κ1) is 17.0. The molecule has 0 saturated carbocycles. The number of hydrogen-bond donors (Lipinski definition) is 2. The van der Waals surface area contributed by atoms with Gasteiger partial charge in [0, 0.05) is 5.56 Å². The Labute approximate surface area is 138 Å². The van der Waals surface area contributed by atoms with Crippen molar-refractivity contribution in [3.63, 3.8) is 0 Å². The van der Waals surface area contributed by atoms with Crippen molar-refractivity contribution in [3.05, 3.63) is 60.2 Å². The van der Waals surface area contributed by atoms with Crippen molar-refractivity contribution < 1.29 is 14.4 Å². The number of amides is 1. The smallest absolute Gasteiger partial charge is 0.251 e. The van der Waals surface area contributed by atoms with Crippen LogP contribution >= 0.6 is 0 Å². The van der Waals surface area contributed by atoms with Crippen LogP contribution in [0.2, 0.25) is 0 Å². The van der Waals surface area contributed by atoms with Crippen molar-refractivity contribution in [2.45, 2.75) is 13.8 Å². The average molecular weight is 313 g/mol. The van der Waals surface area contributed by atoms with Crippen LogP contribution in [0.1, 0.15) is 24.2 Å². The molecule has 2 aromatic carbocycles. The lowest BCUT2D eigenvalue weighted by atomic mass is 10.2. The largest absolute Gasteiger partial charge is 0.457 e. The summed E-state index contributed by atoms with van der Waals surface area (Å²) in [5.74, 6) is 1.47. The van der Waals surface area contributed by atoms with E-state index in [0.29, 0.717) is 12.1 Å². The van der Waals surface area contributed by atoms with Gasteiger partial charge in [-0.05, 0) is 50.2 Å². The van der Waals surface area contributed by atoms with Gasteiger partial charge in [0.05, 0.1) is 26.2 Å². The fourth-order valence-corrected chi connectivity index (χ4v) is 2.36. The number of benzene rings is 2. The van der Waals surface area contributed by atoms with Gasteiger partial charge >= 0.3 is 0 Å². The number of likely N-dealkylation sites (N-methyl/N-ethyl adjacent to an activating group) is 1. The van der Waals surface area contributed by atoms with E-state index >= 15 is 0 Å². The van der Waals surface area contributed by atoms with Crippen LogP contribution in [0.5, 0.6) is 11.5 Å². The van der Waals surface area contributed by atoms with E-state index in [4.69, 9.17) is 4.74 Å². The molecule has 0 aliphatic carbocycles. The van der Waals surface area contributed by atoms with Crippen LogP contribution in [-0.4, -0.2) is 32.1 Å². The standard InChI is InChI=1S/C19H24N2O2/c1-3-21(4-2)15-14-20-19(22)16-10-12-18(13-11-16)23-17-8-6-5-7-9-17/h5-13H,3-4,14-15H2,1-2H3,(H,20,22)/p+1. The minimum atomic E-state index is -0.0391. The Hall–Kier alpha value is -2.33. The highest BCUT2D eigenvalue weighted by Gasteiger charge is 2.07. The maximum atomic E-state index is 12.1. The Balaban J connectivity index is 1.85. The fraction of sp³-hybridized carbons (Fsp3) is 0.316. The van der Waals surface area contributed by atoms with Crippen molar-refractivity contribution in [2.24, 2.45) is 0 Å². The van der Waals surface area contributed by atoms with E-state index in [1.165, 1.54) is 4.90 Å². The van der Waals surface area contributed by atoms with Crippen LogP contribution in [0, 0.1) is 0 Å². The molecule has 0 aliphatic heterocycles. The molecule has 0 aliphatic rings. The number of rotatable bonds is 8. The van der Waals surface area contributed by atoms with E-state index in [2.05, 4.69) is 19.2 Å². The monoisotopic (exact) mass is 313 g/mol. The van der Waals surface area contributed by atoms with E-state index in [-0.39, 0.29) is 5.91 Å². The maximum absolute atomic E-state index is 12.1.